The standard InChI is InChI=1S/C34H36N2O6S/c1-24(2)20-30(27-13-6-4-7-14-27)35-34(38)29-21-26(22-41-31-17-11-10-12-25(31)3)18-19-32(29)42-23-33(37)36-43(39,40)28-15-8-5-9-16-28/h4-19,21,24,30H,20,22-23H2,1-3H3,(H,35,38)(H,36,37). The predicted octanol–water partition coefficient (Wildman–Crippen LogP) is 5.98. The first kappa shape index (κ1) is 31.3. The highest BCUT2D eigenvalue weighted by Gasteiger charge is 2.22. The van der Waals surface area contributed by atoms with Gasteiger partial charge in [-0.05, 0) is 66.3 Å². The van der Waals surface area contributed by atoms with Gasteiger partial charge in [0.25, 0.3) is 21.8 Å². The first-order chi connectivity index (χ1) is 20.6. The fraction of sp³-hybridized carbons (Fsp3) is 0.235. The molecule has 9 heteroatoms. The van der Waals surface area contributed by atoms with Crippen molar-refractivity contribution in [1.82, 2.24) is 10.0 Å². The Kier molecular flexibility index (Phi) is 10.6. The van der Waals surface area contributed by atoms with Gasteiger partial charge in [0.2, 0.25) is 0 Å². The minimum Gasteiger partial charge on any atom is -0.489 e. The molecule has 0 saturated carbocycles. The largest absolute Gasteiger partial charge is 0.489 e. The van der Waals surface area contributed by atoms with Crippen LogP contribution in [0.3, 0.4) is 0 Å². The number of aryl methyl sites for hydroxylation is 1. The van der Waals surface area contributed by atoms with Gasteiger partial charge < -0.3 is 14.8 Å². The number of rotatable bonds is 13. The lowest BCUT2D eigenvalue weighted by Crippen LogP contribution is -2.35. The Morgan fingerprint density at radius 3 is 2.12 bits per heavy atom. The van der Waals surface area contributed by atoms with Gasteiger partial charge in [-0.1, -0.05) is 86.6 Å². The summed E-state index contributed by atoms with van der Waals surface area (Å²) in [6.07, 6.45) is 0.710. The topological polar surface area (TPSA) is 111 Å². The van der Waals surface area contributed by atoms with Crippen molar-refractivity contribution < 1.29 is 27.5 Å². The SMILES string of the molecule is Cc1ccccc1OCc1ccc(OCC(=O)NS(=O)(=O)c2ccccc2)c(C(=O)NC(CC(C)C)c2ccccc2)c1. The number of carbonyl (C=O) groups excluding carboxylic acids is 2. The zero-order valence-corrected chi connectivity index (χ0v) is 25.3. The zero-order chi connectivity index (χ0) is 30.8. The molecule has 0 saturated heterocycles. The maximum atomic E-state index is 13.7. The van der Waals surface area contributed by atoms with E-state index >= 15 is 0 Å². The van der Waals surface area contributed by atoms with Crippen molar-refractivity contribution in [3.63, 3.8) is 0 Å². The third kappa shape index (κ3) is 8.93. The molecule has 0 aromatic heterocycles. The molecule has 0 radical (unpaired) electrons. The minimum atomic E-state index is -4.07. The average molecular weight is 601 g/mol. The number of carbonyl (C=O) groups is 2. The van der Waals surface area contributed by atoms with Crippen molar-refractivity contribution in [2.45, 2.75) is 44.7 Å². The van der Waals surface area contributed by atoms with Crippen LogP contribution in [-0.4, -0.2) is 26.8 Å². The van der Waals surface area contributed by atoms with Crippen LogP contribution in [-0.2, 0) is 21.4 Å². The smallest absolute Gasteiger partial charge is 0.271 e. The van der Waals surface area contributed by atoms with Gasteiger partial charge >= 0.3 is 0 Å². The number of para-hydroxylation sites is 1. The van der Waals surface area contributed by atoms with Crippen molar-refractivity contribution in [3.8, 4) is 11.5 Å². The number of amides is 2. The summed E-state index contributed by atoms with van der Waals surface area (Å²) in [6, 6.07) is 29.7. The van der Waals surface area contributed by atoms with Gasteiger partial charge in [0.15, 0.2) is 6.61 Å². The lowest BCUT2D eigenvalue weighted by molar-refractivity contribution is -0.121. The quantitative estimate of drug-likeness (QED) is 0.196. The van der Waals surface area contributed by atoms with Gasteiger partial charge in [-0.3, -0.25) is 9.59 Å². The Labute approximate surface area is 253 Å². The fourth-order valence-electron chi connectivity index (χ4n) is 4.50. The molecular formula is C34H36N2O6S. The van der Waals surface area contributed by atoms with Gasteiger partial charge in [0.05, 0.1) is 16.5 Å². The summed E-state index contributed by atoms with van der Waals surface area (Å²) in [6.45, 7) is 5.71. The molecule has 1 unspecified atom stereocenters. The number of sulfonamides is 1. The first-order valence-corrected chi connectivity index (χ1v) is 15.5. The molecule has 2 N–H and O–H groups in total. The number of hydrogen-bond acceptors (Lipinski definition) is 6. The molecule has 8 nitrogen and oxygen atoms in total. The maximum absolute atomic E-state index is 13.7. The molecule has 0 aliphatic carbocycles. The van der Waals surface area contributed by atoms with E-state index in [9.17, 15) is 18.0 Å². The van der Waals surface area contributed by atoms with E-state index in [1.54, 1.807) is 36.4 Å². The first-order valence-electron chi connectivity index (χ1n) is 14.0. The third-order valence-electron chi connectivity index (χ3n) is 6.65. The highest BCUT2D eigenvalue weighted by Crippen LogP contribution is 2.26. The molecule has 4 aromatic carbocycles. The highest BCUT2D eigenvalue weighted by atomic mass is 32.2. The van der Waals surface area contributed by atoms with Gasteiger partial charge in [0, 0.05) is 0 Å². The van der Waals surface area contributed by atoms with Crippen molar-refractivity contribution in [2.24, 2.45) is 5.92 Å². The summed E-state index contributed by atoms with van der Waals surface area (Å²) < 4.78 is 38.9. The lowest BCUT2D eigenvalue weighted by atomic mass is 9.96. The monoisotopic (exact) mass is 600 g/mol. The summed E-state index contributed by atoms with van der Waals surface area (Å²) in [7, 11) is -4.07. The van der Waals surface area contributed by atoms with Crippen molar-refractivity contribution in [3.05, 3.63) is 125 Å². The minimum absolute atomic E-state index is 0.0430. The van der Waals surface area contributed by atoms with Crippen LogP contribution in [0.1, 0.15) is 53.4 Å². The summed E-state index contributed by atoms with van der Waals surface area (Å²) >= 11 is 0. The molecule has 0 aliphatic heterocycles. The maximum Gasteiger partial charge on any atom is 0.271 e. The van der Waals surface area contributed by atoms with E-state index in [2.05, 4.69) is 19.2 Å². The van der Waals surface area contributed by atoms with Gasteiger partial charge in [-0.25, -0.2) is 13.1 Å². The van der Waals surface area contributed by atoms with E-state index in [0.29, 0.717) is 12.3 Å². The van der Waals surface area contributed by atoms with E-state index in [1.807, 2.05) is 66.2 Å². The summed E-state index contributed by atoms with van der Waals surface area (Å²) in [5.74, 6) is -0.0824. The van der Waals surface area contributed by atoms with Crippen LogP contribution in [0, 0.1) is 12.8 Å². The Balaban J connectivity index is 1.56. The number of nitrogens with one attached hydrogen (secondary N) is 2. The fourth-order valence-corrected chi connectivity index (χ4v) is 5.49. The normalized spacial score (nSPS) is 11.9. The second kappa shape index (κ2) is 14.5. The van der Waals surface area contributed by atoms with Gasteiger partial charge in [-0.15, -0.1) is 0 Å². The summed E-state index contributed by atoms with van der Waals surface area (Å²) in [5, 5.41) is 3.12. The Hall–Kier alpha value is -4.63. The van der Waals surface area contributed by atoms with Crippen molar-refractivity contribution in [1.29, 1.82) is 0 Å². The Morgan fingerprint density at radius 1 is 0.791 bits per heavy atom. The van der Waals surface area contributed by atoms with Crippen LogP contribution in [0.15, 0.2) is 108 Å². The van der Waals surface area contributed by atoms with E-state index in [4.69, 9.17) is 9.47 Å². The summed E-state index contributed by atoms with van der Waals surface area (Å²) in [5.41, 5.74) is 2.87. The van der Waals surface area contributed by atoms with E-state index in [1.165, 1.54) is 12.1 Å². The van der Waals surface area contributed by atoms with Crippen LogP contribution < -0.4 is 19.5 Å². The molecule has 1 atom stereocenters. The second-order valence-corrected chi connectivity index (χ2v) is 12.3. The second-order valence-electron chi connectivity index (χ2n) is 10.6. The number of hydrogen-bond donors (Lipinski definition) is 2. The van der Waals surface area contributed by atoms with Crippen molar-refractivity contribution >= 4 is 21.8 Å². The van der Waals surface area contributed by atoms with E-state index < -0.39 is 22.5 Å². The molecule has 0 spiro atoms. The zero-order valence-electron chi connectivity index (χ0n) is 24.4. The average Bonchev–Trinajstić information content (AvgIpc) is 3.00. The molecule has 0 aliphatic rings. The van der Waals surface area contributed by atoms with Gasteiger partial charge in [-0.2, -0.15) is 0 Å². The van der Waals surface area contributed by atoms with Gasteiger partial charge in [0.1, 0.15) is 18.1 Å². The Bertz CT molecular complexity index is 1640. The van der Waals surface area contributed by atoms with Crippen LogP contribution in [0.5, 0.6) is 11.5 Å². The van der Waals surface area contributed by atoms with Crippen LogP contribution in [0.4, 0.5) is 0 Å². The van der Waals surface area contributed by atoms with Crippen LogP contribution in [0.25, 0.3) is 0 Å². The number of benzene rings is 4. The molecule has 0 fully saturated rings. The highest BCUT2D eigenvalue weighted by molar-refractivity contribution is 7.90. The molecule has 4 aromatic rings. The predicted molar refractivity (Wildman–Crippen MR) is 165 cm³/mol. The molecule has 43 heavy (non-hydrogen) atoms. The van der Waals surface area contributed by atoms with Crippen molar-refractivity contribution in [2.75, 3.05) is 6.61 Å². The van der Waals surface area contributed by atoms with E-state index in [-0.39, 0.29) is 34.8 Å². The molecule has 224 valence electrons. The third-order valence-corrected chi connectivity index (χ3v) is 8.04. The molecule has 0 bridgehead atoms. The molecule has 2 amide bonds. The van der Waals surface area contributed by atoms with Crippen LogP contribution in [0.2, 0.25) is 0 Å². The number of ether oxygens (including phenoxy) is 2. The molecule has 4 rings (SSSR count). The molecular weight excluding hydrogens is 564 g/mol. The van der Waals surface area contributed by atoms with E-state index in [0.717, 1.165) is 22.4 Å². The molecule has 0 heterocycles. The Morgan fingerprint density at radius 2 is 1.44 bits per heavy atom. The lowest BCUT2D eigenvalue weighted by Gasteiger charge is -2.22. The van der Waals surface area contributed by atoms with Crippen LogP contribution >= 0.6 is 0 Å². The summed E-state index contributed by atoms with van der Waals surface area (Å²) in [4.78, 5) is 26.3.